The second kappa shape index (κ2) is 6.89. The first-order valence-corrected chi connectivity index (χ1v) is 8.67. The standard InChI is InChI=1S/C21H25NO3/c1-21(2,3)17-7-4-14(5-8-17)20(24)22-13-18(23)15-6-9-19-16(12-15)10-11-25-19/h4-9,12,18,23H,10-11,13H2,1-3H3,(H,22,24). The smallest absolute Gasteiger partial charge is 0.251 e. The van der Waals surface area contributed by atoms with Crippen LogP contribution in [0.2, 0.25) is 0 Å². The predicted molar refractivity (Wildman–Crippen MR) is 98.1 cm³/mol. The fraction of sp³-hybridized carbons (Fsp3) is 0.381. The van der Waals surface area contributed by atoms with Crippen molar-refractivity contribution in [2.24, 2.45) is 0 Å². The third kappa shape index (κ3) is 4.02. The monoisotopic (exact) mass is 339 g/mol. The summed E-state index contributed by atoms with van der Waals surface area (Å²) in [5.41, 5.74) is 3.75. The largest absolute Gasteiger partial charge is 0.493 e. The summed E-state index contributed by atoms with van der Waals surface area (Å²) in [5.74, 6) is 0.711. The second-order valence-electron chi connectivity index (χ2n) is 7.52. The molecule has 1 heterocycles. The molecule has 1 aliphatic rings. The van der Waals surface area contributed by atoms with E-state index in [9.17, 15) is 9.90 Å². The lowest BCUT2D eigenvalue weighted by molar-refractivity contribution is 0.0916. The minimum atomic E-state index is -0.733. The minimum Gasteiger partial charge on any atom is -0.493 e. The van der Waals surface area contributed by atoms with Gasteiger partial charge in [-0.3, -0.25) is 4.79 Å². The number of aliphatic hydroxyl groups excluding tert-OH is 1. The Bertz CT molecular complexity index is 760. The summed E-state index contributed by atoms with van der Waals surface area (Å²) >= 11 is 0. The molecule has 2 aromatic rings. The molecule has 0 saturated carbocycles. The molecule has 0 fully saturated rings. The van der Waals surface area contributed by atoms with Crippen molar-refractivity contribution in [3.8, 4) is 5.75 Å². The first-order chi connectivity index (χ1) is 11.8. The highest BCUT2D eigenvalue weighted by Crippen LogP contribution is 2.28. The summed E-state index contributed by atoms with van der Waals surface area (Å²) in [6, 6.07) is 13.3. The maximum atomic E-state index is 12.3. The van der Waals surface area contributed by atoms with E-state index in [2.05, 4.69) is 26.1 Å². The van der Waals surface area contributed by atoms with Crippen LogP contribution < -0.4 is 10.1 Å². The number of benzene rings is 2. The third-order valence-corrected chi connectivity index (χ3v) is 4.57. The molecule has 25 heavy (non-hydrogen) atoms. The topological polar surface area (TPSA) is 58.6 Å². The van der Waals surface area contributed by atoms with Gasteiger partial charge in [-0.2, -0.15) is 0 Å². The number of aliphatic hydroxyl groups is 1. The molecule has 0 aliphatic carbocycles. The van der Waals surface area contributed by atoms with Crippen LogP contribution in [0.4, 0.5) is 0 Å². The molecule has 2 aromatic carbocycles. The fourth-order valence-electron chi connectivity index (χ4n) is 2.94. The van der Waals surface area contributed by atoms with Gasteiger partial charge in [0, 0.05) is 18.5 Å². The normalized spacial score (nSPS) is 14.6. The van der Waals surface area contributed by atoms with Gasteiger partial charge in [0.05, 0.1) is 12.7 Å². The molecule has 0 radical (unpaired) electrons. The number of carbonyl (C=O) groups is 1. The van der Waals surface area contributed by atoms with Crippen LogP contribution in [0.25, 0.3) is 0 Å². The van der Waals surface area contributed by atoms with E-state index in [-0.39, 0.29) is 17.9 Å². The number of hydrogen-bond donors (Lipinski definition) is 2. The number of nitrogens with one attached hydrogen (secondary N) is 1. The molecular weight excluding hydrogens is 314 g/mol. The SMILES string of the molecule is CC(C)(C)c1ccc(C(=O)NCC(O)c2ccc3c(c2)CCO3)cc1. The summed E-state index contributed by atoms with van der Waals surface area (Å²) in [6.07, 6.45) is 0.131. The van der Waals surface area contributed by atoms with Crippen LogP contribution >= 0.6 is 0 Å². The number of hydrogen-bond acceptors (Lipinski definition) is 3. The van der Waals surface area contributed by atoms with Crippen molar-refractivity contribution in [1.82, 2.24) is 5.32 Å². The highest BCUT2D eigenvalue weighted by Gasteiger charge is 2.17. The van der Waals surface area contributed by atoms with Gasteiger partial charge in [-0.15, -0.1) is 0 Å². The van der Waals surface area contributed by atoms with E-state index in [1.54, 1.807) is 0 Å². The maximum Gasteiger partial charge on any atom is 0.251 e. The molecule has 0 spiro atoms. The van der Waals surface area contributed by atoms with Gasteiger partial charge in [-0.05, 0) is 46.4 Å². The Morgan fingerprint density at radius 2 is 1.92 bits per heavy atom. The molecule has 0 aromatic heterocycles. The summed E-state index contributed by atoms with van der Waals surface area (Å²) in [7, 11) is 0. The molecule has 1 unspecified atom stereocenters. The van der Waals surface area contributed by atoms with E-state index in [4.69, 9.17) is 4.74 Å². The van der Waals surface area contributed by atoms with E-state index in [1.165, 1.54) is 5.56 Å². The van der Waals surface area contributed by atoms with Crippen LogP contribution in [-0.4, -0.2) is 24.2 Å². The average molecular weight is 339 g/mol. The molecule has 0 saturated heterocycles. The van der Waals surface area contributed by atoms with Crippen LogP contribution in [0.5, 0.6) is 5.75 Å². The van der Waals surface area contributed by atoms with Crippen molar-refractivity contribution in [2.45, 2.75) is 38.7 Å². The molecule has 1 atom stereocenters. The van der Waals surface area contributed by atoms with Crippen molar-refractivity contribution >= 4 is 5.91 Å². The van der Waals surface area contributed by atoms with Crippen LogP contribution in [0.3, 0.4) is 0 Å². The quantitative estimate of drug-likeness (QED) is 0.898. The molecule has 4 heteroatoms. The van der Waals surface area contributed by atoms with Crippen LogP contribution in [-0.2, 0) is 11.8 Å². The number of fused-ring (bicyclic) bond motifs is 1. The van der Waals surface area contributed by atoms with Crippen LogP contribution in [0.1, 0.15) is 53.9 Å². The van der Waals surface area contributed by atoms with E-state index in [1.807, 2.05) is 42.5 Å². The molecule has 4 nitrogen and oxygen atoms in total. The van der Waals surface area contributed by atoms with Gasteiger partial charge in [0.25, 0.3) is 5.91 Å². The summed E-state index contributed by atoms with van der Waals surface area (Å²) < 4.78 is 5.47. The Balaban J connectivity index is 1.60. The molecule has 132 valence electrons. The Hall–Kier alpha value is -2.33. The minimum absolute atomic E-state index is 0.0580. The summed E-state index contributed by atoms with van der Waals surface area (Å²) in [6.45, 7) is 7.29. The first-order valence-electron chi connectivity index (χ1n) is 8.67. The summed E-state index contributed by atoms with van der Waals surface area (Å²) in [5, 5.41) is 13.1. The summed E-state index contributed by atoms with van der Waals surface area (Å²) in [4.78, 5) is 12.3. The number of rotatable bonds is 4. The van der Waals surface area contributed by atoms with Crippen molar-refractivity contribution in [3.05, 3.63) is 64.7 Å². The molecule has 0 bridgehead atoms. The lowest BCUT2D eigenvalue weighted by Crippen LogP contribution is -2.28. The van der Waals surface area contributed by atoms with Gasteiger partial charge in [0.1, 0.15) is 5.75 Å². The Morgan fingerprint density at radius 3 is 2.60 bits per heavy atom. The highest BCUT2D eigenvalue weighted by atomic mass is 16.5. The average Bonchev–Trinajstić information content (AvgIpc) is 3.06. The third-order valence-electron chi connectivity index (χ3n) is 4.57. The molecule has 1 amide bonds. The lowest BCUT2D eigenvalue weighted by atomic mass is 9.87. The van der Waals surface area contributed by atoms with Crippen LogP contribution in [0.15, 0.2) is 42.5 Å². The number of ether oxygens (including phenoxy) is 1. The van der Waals surface area contributed by atoms with Gasteiger partial charge >= 0.3 is 0 Å². The fourth-order valence-corrected chi connectivity index (χ4v) is 2.94. The van der Waals surface area contributed by atoms with Crippen molar-refractivity contribution in [3.63, 3.8) is 0 Å². The molecule has 3 rings (SSSR count). The molecule has 2 N–H and O–H groups in total. The van der Waals surface area contributed by atoms with Gasteiger partial charge in [0.2, 0.25) is 0 Å². The maximum absolute atomic E-state index is 12.3. The van der Waals surface area contributed by atoms with E-state index in [0.29, 0.717) is 12.2 Å². The van der Waals surface area contributed by atoms with E-state index < -0.39 is 6.10 Å². The lowest BCUT2D eigenvalue weighted by Gasteiger charge is -2.19. The second-order valence-corrected chi connectivity index (χ2v) is 7.52. The zero-order valence-electron chi connectivity index (χ0n) is 15.0. The van der Waals surface area contributed by atoms with Crippen molar-refractivity contribution < 1.29 is 14.6 Å². The highest BCUT2D eigenvalue weighted by molar-refractivity contribution is 5.94. The van der Waals surface area contributed by atoms with Gasteiger partial charge in [-0.25, -0.2) is 0 Å². The Morgan fingerprint density at radius 1 is 1.20 bits per heavy atom. The number of carbonyl (C=O) groups excluding carboxylic acids is 1. The molecular formula is C21H25NO3. The zero-order chi connectivity index (χ0) is 18.0. The van der Waals surface area contributed by atoms with Gasteiger partial charge in [-0.1, -0.05) is 39.0 Å². The van der Waals surface area contributed by atoms with Gasteiger partial charge in [0.15, 0.2) is 0 Å². The predicted octanol–water partition coefficient (Wildman–Crippen LogP) is 3.38. The molecule has 1 aliphatic heterocycles. The van der Waals surface area contributed by atoms with Crippen molar-refractivity contribution in [1.29, 1.82) is 0 Å². The number of amides is 1. The van der Waals surface area contributed by atoms with Crippen LogP contribution in [0, 0.1) is 0 Å². The van der Waals surface area contributed by atoms with E-state index >= 15 is 0 Å². The van der Waals surface area contributed by atoms with Gasteiger partial charge < -0.3 is 15.2 Å². The zero-order valence-corrected chi connectivity index (χ0v) is 15.0. The Labute approximate surface area is 148 Å². The van der Waals surface area contributed by atoms with E-state index in [0.717, 1.165) is 23.3 Å². The first kappa shape index (κ1) is 17.5. The van der Waals surface area contributed by atoms with Crippen molar-refractivity contribution in [2.75, 3.05) is 13.2 Å². The Kier molecular flexibility index (Phi) is 4.82.